The van der Waals surface area contributed by atoms with E-state index >= 15 is 0 Å². The molecule has 4 heteroatoms. The number of benzene rings is 1. The summed E-state index contributed by atoms with van der Waals surface area (Å²) in [6, 6.07) is 7.82. The molecule has 1 heterocycles. The molecule has 86 valence electrons. The summed E-state index contributed by atoms with van der Waals surface area (Å²) in [5.74, 6) is 0. The Kier molecular flexibility index (Phi) is 3.19. The minimum atomic E-state index is 0.801. The average molecular weight is 218 g/mol. The van der Waals surface area contributed by atoms with Gasteiger partial charge in [-0.15, -0.1) is 0 Å². The number of hydrogen-bond acceptors (Lipinski definition) is 4. The van der Waals surface area contributed by atoms with Crippen molar-refractivity contribution >= 4 is 11.4 Å². The van der Waals surface area contributed by atoms with Crippen molar-refractivity contribution in [1.29, 1.82) is 0 Å². The Hall–Kier alpha value is -1.84. The van der Waals surface area contributed by atoms with Crippen LogP contribution in [0.4, 0.5) is 11.4 Å². The summed E-state index contributed by atoms with van der Waals surface area (Å²) < 4.78 is 0. The summed E-state index contributed by atoms with van der Waals surface area (Å²) in [4.78, 5) is 4.42. The van der Waals surface area contributed by atoms with Crippen LogP contribution in [0.3, 0.4) is 0 Å². The number of nitrogens with one attached hydrogen (secondary N) is 1. The molecule has 0 radical (unpaired) electrons. The van der Waals surface area contributed by atoms with E-state index in [1.165, 1.54) is 0 Å². The highest BCUT2D eigenvalue weighted by Gasteiger charge is 2.06. The van der Waals surface area contributed by atoms with E-state index in [2.05, 4.69) is 34.6 Å². The van der Waals surface area contributed by atoms with Gasteiger partial charge >= 0.3 is 0 Å². The number of nitrogens with two attached hydrogens (primary N) is 1. The van der Waals surface area contributed by atoms with Gasteiger partial charge in [0.15, 0.2) is 0 Å². The van der Waals surface area contributed by atoms with Gasteiger partial charge in [0.05, 0.1) is 6.67 Å². The highest BCUT2D eigenvalue weighted by Crippen LogP contribution is 2.10. The van der Waals surface area contributed by atoms with Crippen molar-refractivity contribution in [3.05, 3.63) is 36.7 Å². The predicted molar refractivity (Wildman–Crippen MR) is 67.8 cm³/mol. The van der Waals surface area contributed by atoms with Gasteiger partial charge in [-0.3, -0.25) is 0 Å². The van der Waals surface area contributed by atoms with Crippen molar-refractivity contribution in [3.63, 3.8) is 0 Å². The van der Waals surface area contributed by atoms with Crippen LogP contribution in [-0.2, 0) is 0 Å². The van der Waals surface area contributed by atoms with Crippen molar-refractivity contribution in [2.45, 2.75) is 0 Å². The van der Waals surface area contributed by atoms with E-state index < -0.39 is 0 Å². The quantitative estimate of drug-likeness (QED) is 0.749. The second-order valence-corrected chi connectivity index (χ2v) is 4.06. The molecule has 0 spiro atoms. The monoisotopic (exact) mass is 218 g/mol. The van der Waals surface area contributed by atoms with Crippen molar-refractivity contribution in [1.82, 2.24) is 9.80 Å². The minimum absolute atomic E-state index is 0.801. The molecule has 3 N–H and O–H groups in total. The van der Waals surface area contributed by atoms with Crippen LogP contribution in [0.15, 0.2) is 36.7 Å². The molecule has 16 heavy (non-hydrogen) atoms. The first-order chi connectivity index (χ1) is 7.74. The van der Waals surface area contributed by atoms with Crippen LogP contribution in [0.2, 0.25) is 0 Å². The molecule has 0 fully saturated rings. The molecule has 0 saturated heterocycles. The molecule has 1 aromatic rings. The Morgan fingerprint density at radius 1 is 1.25 bits per heavy atom. The third kappa shape index (κ3) is 2.82. The Morgan fingerprint density at radius 2 is 2.00 bits per heavy atom. The zero-order valence-electron chi connectivity index (χ0n) is 9.56. The lowest BCUT2D eigenvalue weighted by Gasteiger charge is -2.18. The normalized spacial score (nSPS) is 14.6. The van der Waals surface area contributed by atoms with Crippen LogP contribution in [-0.4, -0.2) is 36.6 Å². The molecule has 0 bridgehead atoms. The van der Waals surface area contributed by atoms with Crippen LogP contribution in [0.25, 0.3) is 0 Å². The van der Waals surface area contributed by atoms with Gasteiger partial charge in [-0.1, -0.05) is 0 Å². The Bertz CT molecular complexity index is 358. The van der Waals surface area contributed by atoms with E-state index in [9.17, 15) is 0 Å². The van der Waals surface area contributed by atoms with Gasteiger partial charge in [0.2, 0.25) is 0 Å². The maximum Gasteiger partial charge on any atom is 0.0891 e. The summed E-state index contributed by atoms with van der Waals surface area (Å²) in [6.45, 7) is 2.91. The molecular formula is C12H18N4. The smallest absolute Gasteiger partial charge is 0.0891 e. The largest absolute Gasteiger partial charge is 0.399 e. The molecule has 0 saturated carbocycles. The summed E-state index contributed by atoms with van der Waals surface area (Å²) in [6.07, 6.45) is 4.20. The number of anilines is 2. The standard InChI is InChI=1S/C12H18N4/c1-15-8-9-16(10-15)7-6-14-12-4-2-11(13)3-5-12/h2-5,8-9,14H,6-7,10,13H2,1H3. The number of nitrogen functional groups attached to an aromatic ring is 1. The number of rotatable bonds is 4. The summed E-state index contributed by atoms with van der Waals surface area (Å²) >= 11 is 0. The first-order valence-electron chi connectivity index (χ1n) is 5.46. The predicted octanol–water partition coefficient (Wildman–Crippen LogP) is 1.36. The number of nitrogens with zero attached hydrogens (tertiary/aromatic N) is 2. The molecule has 0 amide bonds. The summed E-state index contributed by atoms with van der Waals surface area (Å²) in [7, 11) is 2.07. The van der Waals surface area contributed by atoms with Crippen LogP contribution in [0.5, 0.6) is 0 Å². The van der Waals surface area contributed by atoms with E-state index in [4.69, 9.17) is 5.73 Å². The second-order valence-electron chi connectivity index (χ2n) is 4.06. The average Bonchev–Trinajstić information content (AvgIpc) is 2.67. The van der Waals surface area contributed by atoms with Gasteiger partial charge in [-0.05, 0) is 24.3 Å². The SMILES string of the molecule is CN1C=CN(CCNc2ccc(N)cc2)C1. The number of hydrogen-bond donors (Lipinski definition) is 2. The second kappa shape index (κ2) is 4.79. The van der Waals surface area contributed by atoms with Gasteiger partial charge < -0.3 is 20.9 Å². The zero-order chi connectivity index (χ0) is 11.4. The fourth-order valence-corrected chi connectivity index (χ4v) is 1.68. The van der Waals surface area contributed by atoms with Crippen molar-refractivity contribution < 1.29 is 0 Å². The fourth-order valence-electron chi connectivity index (χ4n) is 1.68. The lowest BCUT2D eigenvalue weighted by atomic mass is 10.3. The molecule has 0 aliphatic carbocycles. The maximum atomic E-state index is 5.62. The first kappa shape index (κ1) is 10.7. The van der Waals surface area contributed by atoms with E-state index in [0.717, 1.165) is 31.1 Å². The van der Waals surface area contributed by atoms with Crippen molar-refractivity contribution in [2.24, 2.45) is 0 Å². The van der Waals surface area contributed by atoms with Crippen molar-refractivity contribution in [3.8, 4) is 0 Å². The lowest BCUT2D eigenvalue weighted by molar-refractivity contribution is 0.305. The molecule has 0 unspecified atom stereocenters. The van der Waals surface area contributed by atoms with Crippen LogP contribution in [0.1, 0.15) is 0 Å². The Labute approximate surface area is 96.3 Å². The molecule has 1 aromatic carbocycles. The summed E-state index contributed by atoms with van der Waals surface area (Å²) in [5.41, 5.74) is 7.54. The highest BCUT2D eigenvalue weighted by atomic mass is 15.3. The van der Waals surface area contributed by atoms with Crippen LogP contribution < -0.4 is 11.1 Å². The van der Waals surface area contributed by atoms with E-state index in [1.54, 1.807) is 0 Å². The van der Waals surface area contributed by atoms with Crippen LogP contribution in [0, 0.1) is 0 Å². The maximum absolute atomic E-state index is 5.62. The van der Waals surface area contributed by atoms with Gasteiger partial charge in [-0.2, -0.15) is 0 Å². The Balaban J connectivity index is 1.72. The third-order valence-corrected chi connectivity index (χ3v) is 2.58. The van der Waals surface area contributed by atoms with E-state index in [-0.39, 0.29) is 0 Å². The highest BCUT2D eigenvalue weighted by molar-refractivity contribution is 5.51. The third-order valence-electron chi connectivity index (χ3n) is 2.58. The molecule has 4 nitrogen and oxygen atoms in total. The molecular weight excluding hydrogens is 200 g/mol. The molecule has 0 aromatic heterocycles. The van der Waals surface area contributed by atoms with Gasteiger partial charge in [0.25, 0.3) is 0 Å². The molecule has 2 rings (SSSR count). The van der Waals surface area contributed by atoms with E-state index in [0.29, 0.717) is 0 Å². The lowest BCUT2D eigenvalue weighted by Crippen LogP contribution is -2.27. The topological polar surface area (TPSA) is 44.5 Å². The fraction of sp³-hybridized carbons (Fsp3) is 0.333. The Morgan fingerprint density at radius 3 is 2.62 bits per heavy atom. The first-order valence-corrected chi connectivity index (χ1v) is 5.46. The molecule has 1 aliphatic heterocycles. The minimum Gasteiger partial charge on any atom is -0.399 e. The van der Waals surface area contributed by atoms with Gasteiger partial charge in [0, 0.05) is 43.9 Å². The van der Waals surface area contributed by atoms with Gasteiger partial charge in [-0.25, -0.2) is 0 Å². The van der Waals surface area contributed by atoms with Gasteiger partial charge in [0.1, 0.15) is 0 Å². The summed E-state index contributed by atoms with van der Waals surface area (Å²) in [5, 5.41) is 3.36. The zero-order valence-corrected chi connectivity index (χ0v) is 9.56. The molecule has 1 aliphatic rings. The van der Waals surface area contributed by atoms with E-state index in [1.807, 2.05) is 24.3 Å². The molecule has 0 atom stereocenters. The van der Waals surface area contributed by atoms with Crippen molar-refractivity contribution in [2.75, 3.05) is 37.9 Å². The van der Waals surface area contributed by atoms with Crippen LogP contribution >= 0.6 is 0 Å².